The minimum absolute atomic E-state index is 0.0271. The highest BCUT2D eigenvalue weighted by atomic mass is 35.5. The number of hydrogen-bond donors (Lipinski definition) is 2. The molecule has 0 radical (unpaired) electrons. The molecule has 108 valence electrons. The molecule has 1 aromatic heterocycles. The molecule has 0 fully saturated rings. The van der Waals surface area contributed by atoms with Crippen molar-refractivity contribution >= 4 is 23.1 Å². The van der Waals surface area contributed by atoms with Crippen molar-refractivity contribution in [2.75, 3.05) is 0 Å². The Hall–Kier alpha value is -2.94. The largest absolute Gasteiger partial charge is 0.429 e. The highest BCUT2D eigenvalue weighted by Crippen LogP contribution is 2.36. The molecular weight excluding hydrogens is 302 g/mol. The number of para-hydroxylation sites is 1. The normalized spacial score (nSPS) is 11.2. The number of aromatic nitrogens is 2. The van der Waals surface area contributed by atoms with Crippen LogP contribution in [0.5, 0.6) is 11.6 Å². The summed E-state index contributed by atoms with van der Waals surface area (Å²) in [4.78, 5) is 18.0. The molecule has 21 heavy (non-hydrogen) atoms. The van der Waals surface area contributed by atoms with Crippen molar-refractivity contribution in [3.63, 3.8) is 0 Å². The number of nitrogens with zero attached hydrogens (tertiary/aromatic N) is 4. The smallest absolute Gasteiger partial charge is 0.313 e. The van der Waals surface area contributed by atoms with Gasteiger partial charge in [-0.1, -0.05) is 22.8 Å². The van der Waals surface area contributed by atoms with Crippen LogP contribution in [-0.2, 0) is 0 Å². The SMILES string of the molecule is N/C(=N/O)c1cnc(Oc2c(Cl)cccc2[N+](=O)[O-])cn1. The second kappa shape index (κ2) is 6.01. The number of rotatable bonds is 4. The zero-order valence-electron chi connectivity index (χ0n) is 10.3. The van der Waals surface area contributed by atoms with E-state index in [0.29, 0.717) is 0 Å². The van der Waals surface area contributed by atoms with Gasteiger partial charge in [-0.05, 0) is 6.07 Å². The number of halogens is 1. The zero-order chi connectivity index (χ0) is 15.4. The van der Waals surface area contributed by atoms with Crippen LogP contribution in [0.25, 0.3) is 0 Å². The van der Waals surface area contributed by atoms with Gasteiger partial charge < -0.3 is 15.7 Å². The summed E-state index contributed by atoms with van der Waals surface area (Å²) < 4.78 is 5.28. The lowest BCUT2D eigenvalue weighted by molar-refractivity contribution is -0.385. The molecule has 0 bridgehead atoms. The lowest BCUT2D eigenvalue weighted by Crippen LogP contribution is -2.15. The van der Waals surface area contributed by atoms with Crippen LogP contribution in [0.2, 0.25) is 5.02 Å². The van der Waals surface area contributed by atoms with Crippen LogP contribution >= 0.6 is 11.6 Å². The van der Waals surface area contributed by atoms with Crippen molar-refractivity contribution in [3.05, 3.63) is 51.4 Å². The topological polar surface area (TPSA) is 137 Å². The fourth-order valence-corrected chi connectivity index (χ4v) is 1.61. The van der Waals surface area contributed by atoms with Crippen LogP contribution in [0.1, 0.15) is 5.69 Å². The van der Waals surface area contributed by atoms with Crippen LogP contribution in [-0.4, -0.2) is 25.9 Å². The molecule has 0 spiro atoms. The number of ether oxygens (including phenoxy) is 1. The van der Waals surface area contributed by atoms with E-state index in [1.807, 2.05) is 0 Å². The number of hydrogen-bond acceptors (Lipinski definition) is 7. The predicted octanol–water partition coefficient (Wildman–Crippen LogP) is 1.92. The average Bonchev–Trinajstić information content (AvgIpc) is 2.49. The van der Waals surface area contributed by atoms with Gasteiger partial charge in [-0.3, -0.25) is 10.1 Å². The number of nitrogens with two attached hydrogens (primary N) is 1. The lowest BCUT2D eigenvalue weighted by Gasteiger charge is -2.07. The predicted molar refractivity (Wildman–Crippen MR) is 72.7 cm³/mol. The monoisotopic (exact) mass is 309 g/mol. The molecule has 0 saturated heterocycles. The second-order valence-corrected chi connectivity index (χ2v) is 4.08. The molecule has 0 unspecified atom stereocenters. The van der Waals surface area contributed by atoms with Crippen molar-refractivity contribution < 1.29 is 14.9 Å². The Labute approximate surface area is 122 Å². The highest BCUT2D eigenvalue weighted by molar-refractivity contribution is 6.32. The summed E-state index contributed by atoms with van der Waals surface area (Å²) in [7, 11) is 0. The fraction of sp³-hybridized carbons (Fsp3) is 0. The summed E-state index contributed by atoms with van der Waals surface area (Å²) in [6, 6.07) is 4.13. The van der Waals surface area contributed by atoms with Crippen LogP contribution < -0.4 is 10.5 Å². The summed E-state index contributed by atoms with van der Waals surface area (Å²) in [6.45, 7) is 0. The maximum absolute atomic E-state index is 10.9. The van der Waals surface area contributed by atoms with Gasteiger partial charge >= 0.3 is 5.69 Å². The first-order chi connectivity index (χ1) is 10.0. The maximum Gasteiger partial charge on any atom is 0.313 e. The van der Waals surface area contributed by atoms with E-state index in [0.717, 1.165) is 0 Å². The molecule has 3 N–H and O–H groups in total. The van der Waals surface area contributed by atoms with E-state index >= 15 is 0 Å². The van der Waals surface area contributed by atoms with E-state index in [4.69, 9.17) is 27.3 Å². The summed E-state index contributed by atoms with van der Waals surface area (Å²) in [5, 5.41) is 22.2. The third-order valence-corrected chi connectivity index (χ3v) is 2.65. The number of nitro benzene ring substituents is 1. The van der Waals surface area contributed by atoms with E-state index in [9.17, 15) is 10.1 Å². The third kappa shape index (κ3) is 3.15. The van der Waals surface area contributed by atoms with Crippen molar-refractivity contribution in [3.8, 4) is 11.6 Å². The Morgan fingerprint density at radius 3 is 2.76 bits per heavy atom. The molecular formula is C11H8ClN5O4. The van der Waals surface area contributed by atoms with Crippen molar-refractivity contribution in [2.24, 2.45) is 10.9 Å². The average molecular weight is 310 g/mol. The summed E-state index contributed by atoms with van der Waals surface area (Å²) in [6.07, 6.45) is 2.35. The minimum Gasteiger partial charge on any atom is -0.429 e. The second-order valence-electron chi connectivity index (χ2n) is 3.67. The van der Waals surface area contributed by atoms with Crippen LogP contribution in [0, 0.1) is 10.1 Å². The van der Waals surface area contributed by atoms with E-state index in [1.54, 1.807) is 0 Å². The van der Waals surface area contributed by atoms with Gasteiger partial charge in [0.15, 0.2) is 5.84 Å². The van der Waals surface area contributed by atoms with Gasteiger partial charge in [0.2, 0.25) is 11.6 Å². The summed E-state index contributed by atoms with van der Waals surface area (Å²) in [5.41, 5.74) is 5.15. The van der Waals surface area contributed by atoms with Gasteiger partial charge in [0.05, 0.1) is 22.3 Å². The van der Waals surface area contributed by atoms with Crippen molar-refractivity contribution in [2.45, 2.75) is 0 Å². The van der Waals surface area contributed by atoms with E-state index in [-0.39, 0.29) is 33.9 Å². The van der Waals surface area contributed by atoms with Gasteiger partial charge in [-0.15, -0.1) is 0 Å². The molecule has 0 saturated carbocycles. The van der Waals surface area contributed by atoms with Crippen LogP contribution in [0.15, 0.2) is 35.7 Å². The van der Waals surface area contributed by atoms with Gasteiger partial charge in [0.25, 0.3) is 0 Å². The van der Waals surface area contributed by atoms with E-state index in [1.165, 1.54) is 30.6 Å². The zero-order valence-corrected chi connectivity index (χ0v) is 11.1. The number of benzene rings is 1. The Morgan fingerprint density at radius 2 is 2.19 bits per heavy atom. The van der Waals surface area contributed by atoms with E-state index < -0.39 is 4.92 Å². The van der Waals surface area contributed by atoms with Gasteiger partial charge in [-0.25, -0.2) is 9.97 Å². The van der Waals surface area contributed by atoms with Gasteiger partial charge in [0, 0.05) is 6.07 Å². The molecule has 1 heterocycles. The molecule has 0 aliphatic heterocycles. The Kier molecular flexibility index (Phi) is 4.14. The maximum atomic E-state index is 10.9. The lowest BCUT2D eigenvalue weighted by atomic mass is 10.3. The fourth-order valence-electron chi connectivity index (χ4n) is 1.40. The summed E-state index contributed by atoms with van der Waals surface area (Å²) in [5.74, 6) is -0.395. The quantitative estimate of drug-likeness (QED) is 0.289. The Bertz CT molecular complexity index is 704. The molecule has 0 atom stereocenters. The summed E-state index contributed by atoms with van der Waals surface area (Å²) >= 11 is 5.88. The molecule has 2 aromatic rings. The molecule has 0 amide bonds. The highest BCUT2D eigenvalue weighted by Gasteiger charge is 2.19. The van der Waals surface area contributed by atoms with E-state index in [2.05, 4.69) is 15.1 Å². The van der Waals surface area contributed by atoms with Gasteiger partial charge in [0.1, 0.15) is 5.69 Å². The first-order valence-corrected chi connectivity index (χ1v) is 5.81. The van der Waals surface area contributed by atoms with Crippen molar-refractivity contribution in [1.29, 1.82) is 0 Å². The van der Waals surface area contributed by atoms with Gasteiger partial charge in [-0.2, -0.15) is 0 Å². The Balaban J connectivity index is 2.33. The van der Waals surface area contributed by atoms with Crippen LogP contribution in [0.4, 0.5) is 5.69 Å². The Morgan fingerprint density at radius 1 is 1.43 bits per heavy atom. The third-order valence-electron chi connectivity index (χ3n) is 2.35. The molecule has 2 rings (SSSR count). The molecule has 0 aliphatic rings. The number of amidine groups is 1. The first kappa shape index (κ1) is 14.5. The standard InChI is InChI=1S/C11H8ClN5O4/c12-6-2-1-3-8(17(19)20)10(6)21-9-5-14-7(4-15-9)11(13)16-18/h1-5,18H,(H2,13,16). The molecule has 9 nitrogen and oxygen atoms in total. The minimum atomic E-state index is -0.626. The number of nitro groups is 1. The van der Waals surface area contributed by atoms with Crippen molar-refractivity contribution in [1.82, 2.24) is 9.97 Å². The molecule has 1 aromatic carbocycles. The molecule has 0 aliphatic carbocycles. The number of oxime groups is 1. The van der Waals surface area contributed by atoms with Crippen LogP contribution in [0.3, 0.4) is 0 Å². The molecule has 10 heteroatoms. The first-order valence-electron chi connectivity index (χ1n) is 5.43.